The molecular weight excluding hydrogens is 546 g/mol. The van der Waals surface area contributed by atoms with Crippen LogP contribution in [0.2, 0.25) is 18.6 Å². The molecule has 10 nitrogen and oxygen atoms in total. The Morgan fingerprint density at radius 1 is 0.951 bits per heavy atom. The molecule has 2 aliphatic rings. The van der Waals surface area contributed by atoms with Gasteiger partial charge >= 0.3 is 0 Å². The monoisotopic (exact) mass is 589 g/mol. The molecule has 0 unspecified atom stereocenters. The van der Waals surface area contributed by atoms with Crippen LogP contribution in [0.1, 0.15) is 25.3 Å². The fourth-order valence-electron chi connectivity index (χ4n) is 6.45. The van der Waals surface area contributed by atoms with E-state index in [0.29, 0.717) is 24.1 Å². The molecule has 0 radical (unpaired) electrons. The van der Waals surface area contributed by atoms with Gasteiger partial charge in [0.2, 0.25) is 0 Å². The Balaban J connectivity index is 1.41. The second-order valence-electron chi connectivity index (χ2n) is 11.7. The van der Waals surface area contributed by atoms with Gasteiger partial charge in [-0.2, -0.15) is 0 Å². The highest BCUT2D eigenvalue weighted by atomic mass is 28.3. The molecule has 9 atom stereocenters. The van der Waals surface area contributed by atoms with Crippen LogP contribution < -0.4 is 15.2 Å². The maximum absolute atomic E-state index is 12.7. The van der Waals surface area contributed by atoms with Crippen LogP contribution in [0.25, 0.3) is 0 Å². The summed E-state index contributed by atoms with van der Waals surface area (Å²) in [6.07, 6.45) is -6.40. The molecule has 0 saturated carbocycles. The third-order valence-corrected chi connectivity index (χ3v) is 13.1. The average Bonchev–Trinajstić information content (AvgIpc) is 3.28. The number of rotatable bonds is 10. The summed E-state index contributed by atoms with van der Waals surface area (Å²) in [4.78, 5) is 12.7. The minimum Gasteiger partial charge on any atom is -0.497 e. The number of nitrogens with one attached hydrogen (secondary N) is 1. The predicted octanol–water partition coefficient (Wildman–Crippen LogP) is 1.14. The van der Waals surface area contributed by atoms with Gasteiger partial charge in [0.05, 0.1) is 27.4 Å². The van der Waals surface area contributed by atoms with Crippen LogP contribution >= 0.6 is 0 Å². The van der Waals surface area contributed by atoms with Gasteiger partial charge in [0.25, 0.3) is 5.91 Å². The lowest BCUT2D eigenvalue weighted by atomic mass is 9.95. The molecule has 0 bridgehead atoms. The Morgan fingerprint density at radius 2 is 1.66 bits per heavy atom. The van der Waals surface area contributed by atoms with E-state index in [9.17, 15) is 30.3 Å². The van der Waals surface area contributed by atoms with Gasteiger partial charge in [-0.05, 0) is 60.6 Å². The summed E-state index contributed by atoms with van der Waals surface area (Å²) in [7, 11) is -0.321. The predicted molar refractivity (Wildman–Crippen MR) is 156 cm³/mol. The van der Waals surface area contributed by atoms with Crippen molar-refractivity contribution in [2.75, 3.05) is 19.0 Å². The molecule has 2 aromatic rings. The van der Waals surface area contributed by atoms with Crippen LogP contribution in [0.5, 0.6) is 5.75 Å². The first-order chi connectivity index (χ1) is 19.5. The van der Waals surface area contributed by atoms with E-state index in [1.807, 2.05) is 30.3 Å². The third kappa shape index (κ3) is 6.84. The maximum Gasteiger partial charge on any atom is 0.256 e. The molecule has 0 aliphatic carbocycles. The molecule has 0 aromatic heterocycles. The molecule has 2 saturated heterocycles. The summed E-state index contributed by atoms with van der Waals surface area (Å²) in [6, 6.07) is 15.6. The van der Waals surface area contributed by atoms with E-state index in [2.05, 4.69) is 37.5 Å². The SMILES string of the molecule is COc1ccc([Si](C)(C)[C@H]2[C@H](C)[C@H](CCc3cccc(NC(=O)[C@H]4O[C@@H](O)[C@H](O)[C@@H](O)[C@@H]4O)c3)O[C@@H]2CCO)cc1. The Morgan fingerprint density at radius 3 is 2.32 bits per heavy atom. The largest absolute Gasteiger partial charge is 0.497 e. The van der Waals surface area contributed by atoms with Crippen molar-refractivity contribution in [2.45, 2.75) is 87.7 Å². The number of benzene rings is 2. The van der Waals surface area contributed by atoms with E-state index in [4.69, 9.17) is 14.2 Å². The topological polar surface area (TPSA) is 158 Å². The highest BCUT2D eigenvalue weighted by Crippen LogP contribution is 2.46. The van der Waals surface area contributed by atoms with Crippen molar-refractivity contribution in [1.29, 1.82) is 0 Å². The molecule has 11 heteroatoms. The summed E-state index contributed by atoms with van der Waals surface area (Å²) in [5, 5.41) is 53.2. The Kier molecular flexibility index (Phi) is 10.2. The molecule has 6 N–H and O–H groups in total. The fraction of sp³-hybridized carbons (Fsp3) is 0.567. The molecule has 2 heterocycles. The van der Waals surface area contributed by atoms with E-state index >= 15 is 0 Å². The fourth-order valence-corrected chi connectivity index (χ4v) is 10.6. The number of aryl methyl sites for hydroxylation is 1. The van der Waals surface area contributed by atoms with Crippen molar-refractivity contribution in [3.05, 3.63) is 54.1 Å². The summed E-state index contributed by atoms with van der Waals surface area (Å²) < 4.78 is 17.0. The van der Waals surface area contributed by atoms with Gasteiger partial charge in [-0.3, -0.25) is 4.79 Å². The van der Waals surface area contributed by atoms with E-state index in [0.717, 1.165) is 17.7 Å². The summed E-state index contributed by atoms with van der Waals surface area (Å²) in [5.41, 5.74) is 1.78. The molecule has 41 heavy (non-hydrogen) atoms. The van der Waals surface area contributed by atoms with Crippen molar-refractivity contribution in [3.8, 4) is 5.75 Å². The molecule has 1 amide bonds. The number of ether oxygens (including phenoxy) is 3. The van der Waals surface area contributed by atoms with E-state index < -0.39 is 44.7 Å². The Hall–Kier alpha value is -2.35. The zero-order valence-electron chi connectivity index (χ0n) is 24.0. The lowest BCUT2D eigenvalue weighted by molar-refractivity contribution is -0.274. The van der Waals surface area contributed by atoms with Gasteiger partial charge in [-0.1, -0.05) is 49.5 Å². The zero-order chi connectivity index (χ0) is 29.9. The summed E-state index contributed by atoms with van der Waals surface area (Å²) >= 11 is 0. The summed E-state index contributed by atoms with van der Waals surface area (Å²) in [5.74, 6) is 0.373. The second-order valence-corrected chi connectivity index (χ2v) is 16.4. The maximum atomic E-state index is 12.7. The zero-order valence-corrected chi connectivity index (χ0v) is 25.0. The number of anilines is 1. The molecule has 2 aliphatic heterocycles. The lowest BCUT2D eigenvalue weighted by Gasteiger charge is -2.37. The lowest BCUT2D eigenvalue weighted by Crippen LogP contribution is -2.60. The standard InChI is InChI=1S/C30H43NO9Si/c1-17-22(39-23(14-15-32)28(17)41(3,4)21-11-9-20(38-2)10-12-21)13-8-18-6-5-7-19(16-18)31-29(36)27-25(34)24(33)26(35)30(37)40-27/h5-7,9-12,16-17,22-28,30,32-35,37H,8,13-15H2,1-4H3,(H,31,36)/t17-,22+,23-,24+,25+,26-,27+,28+,30-/m1/s1. The molecule has 226 valence electrons. The molecule has 4 rings (SSSR count). The quantitative estimate of drug-likeness (QED) is 0.224. The molecule has 2 aromatic carbocycles. The van der Waals surface area contributed by atoms with Gasteiger partial charge < -0.3 is 45.1 Å². The van der Waals surface area contributed by atoms with Crippen LogP contribution in [-0.4, -0.2) is 96.1 Å². The van der Waals surface area contributed by atoms with Crippen molar-refractivity contribution in [3.63, 3.8) is 0 Å². The van der Waals surface area contributed by atoms with E-state index in [-0.39, 0.29) is 24.7 Å². The minimum absolute atomic E-state index is 0.0139. The number of aliphatic hydroxyl groups is 5. The molecule has 0 spiro atoms. The van der Waals surface area contributed by atoms with Gasteiger partial charge in [-0.25, -0.2) is 0 Å². The van der Waals surface area contributed by atoms with Gasteiger partial charge in [0, 0.05) is 12.3 Å². The van der Waals surface area contributed by atoms with Crippen molar-refractivity contribution in [2.24, 2.45) is 5.92 Å². The first kappa shape index (κ1) is 31.6. The Labute approximate surface area is 241 Å². The van der Waals surface area contributed by atoms with E-state index in [1.165, 1.54) is 5.19 Å². The first-order valence-electron chi connectivity index (χ1n) is 14.2. The second kappa shape index (κ2) is 13.3. The summed E-state index contributed by atoms with van der Waals surface area (Å²) in [6.45, 7) is 7.05. The normalized spacial score (nSPS) is 32.1. The highest BCUT2D eigenvalue weighted by Gasteiger charge is 2.50. The average molecular weight is 590 g/mol. The van der Waals surface area contributed by atoms with Gasteiger partial charge in [0.15, 0.2) is 12.4 Å². The number of aliphatic hydroxyl groups excluding tert-OH is 5. The highest BCUT2D eigenvalue weighted by molar-refractivity contribution is 6.91. The number of hydrogen-bond acceptors (Lipinski definition) is 9. The number of hydrogen-bond donors (Lipinski definition) is 6. The van der Waals surface area contributed by atoms with E-state index in [1.54, 1.807) is 13.2 Å². The van der Waals surface area contributed by atoms with Crippen LogP contribution in [0.4, 0.5) is 5.69 Å². The minimum atomic E-state index is -1.98. The number of carbonyl (C=O) groups is 1. The van der Waals surface area contributed by atoms with Crippen LogP contribution in [0, 0.1) is 5.92 Å². The van der Waals surface area contributed by atoms with Gasteiger partial charge in [0.1, 0.15) is 24.1 Å². The number of methoxy groups -OCH3 is 1. The third-order valence-electron chi connectivity index (χ3n) is 8.74. The molecular formula is C30H43NO9Si. The first-order valence-corrected chi connectivity index (χ1v) is 17.2. The molecule has 2 fully saturated rings. The van der Waals surface area contributed by atoms with Crippen LogP contribution in [-0.2, 0) is 20.7 Å². The van der Waals surface area contributed by atoms with Crippen molar-refractivity contribution in [1.82, 2.24) is 0 Å². The number of amides is 1. The van der Waals surface area contributed by atoms with Crippen molar-refractivity contribution >= 4 is 24.9 Å². The van der Waals surface area contributed by atoms with Crippen molar-refractivity contribution < 1.29 is 44.5 Å². The van der Waals surface area contributed by atoms with Crippen LogP contribution in [0.3, 0.4) is 0 Å². The number of carbonyl (C=O) groups excluding carboxylic acids is 1. The Bertz CT molecular complexity index is 1160. The van der Waals surface area contributed by atoms with Crippen LogP contribution in [0.15, 0.2) is 48.5 Å². The smallest absolute Gasteiger partial charge is 0.256 e. The van der Waals surface area contributed by atoms with Gasteiger partial charge in [-0.15, -0.1) is 0 Å².